The summed E-state index contributed by atoms with van der Waals surface area (Å²) in [6, 6.07) is 6.87. The first-order valence-electron chi connectivity index (χ1n) is 7.07. The fourth-order valence-electron chi connectivity index (χ4n) is 2.41. The Balaban J connectivity index is 1.68. The summed E-state index contributed by atoms with van der Waals surface area (Å²) in [7, 11) is 0. The van der Waals surface area contributed by atoms with Crippen molar-refractivity contribution in [3.63, 3.8) is 0 Å². The Bertz CT molecular complexity index is 1170. The summed E-state index contributed by atoms with van der Waals surface area (Å²) < 4.78 is 9.89. The molecule has 130 valence electrons. The number of aromatic nitrogens is 1. The molecule has 26 heavy (non-hydrogen) atoms. The lowest BCUT2D eigenvalue weighted by atomic mass is 10.2. The van der Waals surface area contributed by atoms with Crippen molar-refractivity contribution >= 4 is 51.7 Å². The average molecular weight is 373 g/mol. The molecule has 1 aliphatic rings. The maximum Gasteiger partial charge on any atom is 0.433 e. The van der Waals surface area contributed by atoms with Gasteiger partial charge < -0.3 is 8.83 Å². The van der Waals surface area contributed by atoms with Crippen LogP contribution in [0.5, 0.6) is 0 Å². The SMILES string of the molecule is O=C1S/C(=C\c2ccc([N+](=O)[O-])o2)C(=O)N1c1ccc2[nH]c(=O)oc2c1. The standard InChI is InChI=1S/C15H7N3O7S/c19-13-11(6-8-2-4-12(24-8)18(22)23)26-15(21)17(13)7-1-3-9-10(5-7)25-14(20)16-9/h1-6H,(H,16,20)/b11-6-. The maximum absolute atomic E-state index is 12.5. The number of imide groups is 1. The fourth-order valence-corrected chi connectivity index (χ4v) is 3.23. The summed E-state index contributed by atoms with van der Waals surface area (Å²) >= 11 is 0.668. The monoisotopic (exact) mass is 373 g/mol. The molecule has 1 N–H and O–H groups in total. The number of amides is 2. The Kier molecular flexibility index (Phi) is 3.51. The van der Waals surface area contributed by atoms with Crippen LogP contribution in [0.25, 0.3) is 17.2 Å². The van der Waals surface area contributed by atoms with Gasteiger partial charge in [-0.3, -0.25) is 24.7 Å². The number of aromatic amines is 1. The quantitative estimate of drug-likeness (QED) is 0.420. The molecule has 1 aliphatic heterocycles. The van der Waals surface area contributed by atoms with Crippen molar-refractivity contribution in [3.8, 4) is 0 Å². The van der Waals surface area contributed by atoms with Crippen molar-refractivity contribution in [1.82, 2.24) is 4.98 Å². The molecule has 0 spiro atoms. The molecule has 1 fully saturated rings. The molecule has 2 amide bonds. The van der Waals surface area contributed by atoms with Crippen molar-refractivity contribution in [1.29, 1.82) is 0 Å². The summed E-state index contributed by atoms with van der Waals surface area (Å²) in [6.07, 6.45) is 1.26. The molecule has 3 aromatic rings. The zero-order valence-corrected chi connectivity index (χ0v) is 13.4. The second kappa shape index (κ2) is 5.74. The normalized spacial score (nSPS) is 16.2. The van der Waals surface area contributed by atoms with Gasteiger partial charge in [0.05, 0.1) is 22.2 Å². The molecule has 0 unspecified atom stereocenters. The number of H-pyrrole nitrogens is 1. The van der Waals surface area contributed by atoms with Gasteiger partial charge in [-0.1, -0.05) is 0 Å². The second-order valence-corrected chi connectivity index (χ2v) is 6.14. The first-order chi connectivity index (χ1) is 12.4. The van der Waals surface area contributed by atoms with Gasteiger partial charge in [-0.2, -0.15) is 0 Å². The van der Waals surface area contributed by atoms with E-state index in [-0.39, 0.29) is 21.9 Å². The summed E-state index contributed by atoms with van der Waals surface area (Å²) in [5, 5.41) is 10.1. The number of furan rings is 1. The highest BCUT2D eigenvalue weighted by atomic mass is 32.2. The van der Waals surface area contributed by atoms with Gasteiger partial charge in [-0.15, -0.1) is 0 Å². The van der Waals surface area contributed by atoms with Crippen molar-refractivity contribution in [2.24, 2.45) is 0 Å². The van der Waals surface area contributed by atoms with Gasteiger partial charge in [0.15, 0.2) is 5.58 Å². The molecule has 10 nitrogen and oxygen atoms in total. The van der Waals surface area contributed by atoms with Crippen LogP contribution in [0.2, 0.25) is 0 Å². The van der Waals surface area contributed by atoms with Gasteiger partial charge in [0.25, 0.3) is 11.1 Å². The number of benzene rings is 1. The molecule has 0 atom stereocenters. The summed E-state index contributed by atoms with van der Waals surface area (Å²) in [5.41, 5.74) is 0.873. The molecule has 1 aromatic carbocycles. The maximum atomic E-state index is 12.5. The number of anilines is 1. The minimum Gasteiger partial charge on any atom is -0.408 e. The molecule has 0 radical (unpaired) electrons. The van der Waals surface area contributed by atoms with E-state index in [1.54, 1.807) is 0 Å². The van der Waals surface area contributed by atoms with Gasteiger partial charge in [0.2, 0.25) is 0 Å². The Labute approximate surface area is 147 Å². The number of carbonyl (C=O) groups is 2. The Morgan fingerprint density at radius 3 is 2.69 bits per heavy atom. The van der Waals surface area contributed by atoms with Crippen LogP contribution in [0.15, 0.2) is 48.9 Å². The number of carbonyl (C=O) groups excluding carboxylic acids is 2. The van der Waals surface area contributed by atoms with Crippen LogP contribution in [0, 0.1) is 10.1 Å². The van der Waals surface area contributed by atoms with E-state index >= 15 is 0 Å². The van der Waals surface area contributed by atoms with E-state index in [1.165, 1.54) is 30.3 Å². The predicted octanol–water partition coefficient (Wildman–Crippen LogP) is 2.86. The van der Waals surface area contributed by atoms with Crippen LogP contribution in [-0.2, 0) is 4.79 Å². The van der Waals surface area contributed by atoms with Crippen molar-refractivity contribution in [2.45, 2.75) is 0 Å². The lowest BCUT2D eigenvalue weighted by Crippen LogP contribution is -2.27. The summed E-state index contributed by atoms with van der Waals surface area (Å²) in [5.74, 6) is -1.65. The number of hydrogen-bond donors (Lipinski definition) is 1. The van der Waals surface area contributed by atoms with E-state index in [2.05, 4.69) is 4.98 Å². The minimum absolute atomic E-state index is 0.0508. The van der Waals surface area contributed by atoms with Gasteiger partial charge in [0, 0.05) is 12.1 Å². The molecular formula is C15H7N3O7S. The van der Waals surface area contributed by atoms with E-state index in [0.29, 0.717) is 17.3 Å². The van der Waals surface area contributed by atoms with E-state index in [4.69, 9.17) is 8.83 Å². The number of rotatable bonds is 3. The van der Waals surface area contributed by atoms with Gasteiger partial charge in [-0.25, -0.2) is 9.69 Å². The Hall–Kier alpha value is -3.60. The fraction of sp³-hybridized carbons (Fsp3) is 0. The molecule has 4 rings (SSSR count). The van der Waals surface area contributed by atoms with Crippen LogP contribution in [0.3, 0.4) is 0 Å². The van der Waals surface area contributed by atoms with Gasteiger partial charge in [0.1, 0.15) is 10.7 Å². The van der Waals surface area contributed by atoms with E-state index in [9.17, 15) is 24.5 Å². The first-order valence-corrected chi connectivity index (χ1v) is 7.89. The van der Waals surface area contributed by atoms with E-state index in [0.717, 1.165) is 11.0 Å². The molecule has 2 aromatic heterocycles. The third-order valence-electron chi connectivity index (χ3n) is 3.52. The van der Waals surface area contributed by atoms with Crippen molar-refractivity contribution in [3.05, 3.63) is 61.7 Å². The van der Waals surface area contributed by atoms with Crippen LogP contribution in [0.1, 0.15) is 5.76 Å². The van der Waals surface area contributed by atoms with Gasteiger partial charge >= 0.3 is 11.6 Å². The van der Waals surface area contributed by atoms with Crippen molar-refractivity contribution in [2.75, 3.05) is 4.90 Å². The minimum atomic E-state index is -0.705. The molecule has 0 bridgehead atoms. The Morgan fingerprint density at radius 2 is 1.96 bits per heavy atom. The lowest BCUT2D eigenvalue weighted by molar-refractivity contribution is -0.402. The second-order valence-electron chi connectivity index (χ2n) is 5.15. The van der Waals surface area contributed by atoms with E-state index < -0.39 is 27.7 Å². The molecular weight excluding hydrogens is 366 g/mol. The average Bonchev–Trinajstić information content (AvgIpc) is 3.25. The number of fused-ring (bicyclic) bond motifs is 1. The number of nitrogens with one attached hydrogen (secondary N) is 1. The molecule has 0 saturated carbocycles. The number of nitro groups is 1. The molecule has 3 heterocycles. The summed E-state index contributed by atoms with van der Waals surface area (Å²) in [4.78, 5) is 49.3. The summed E-state index contributed by atoms with van der Waals surface area (Å²) in [6.45, 7) is 0. The third-order valence-corrected chi connectivity index (χ3v) is 4.39. The zero-order valence-electron chi connectivity index (χ0n) is 12.6. The number of oxazole rings is 1. The Morgan fingerprint density at radius 1 is 1.15 bits per heavy atom. The largest absolute Gasteiger partial charge is 0.433 e. The zero-order chi connectivity index (χ0) is 18.4. The van der Waals surface area contributed by atoms with Crippen LogP contribution < -0.4 is 10.7 Å². The number of thioether (sulfide) groups is 1. The van der Waals surface area contributed by atoms with Crippen molar-refractivity contribution < 1.29 is 23.3 Å². The molecule has 11 heteroatoms. The first kappa shape index (κ1) is 15.9. The molecule has 1 saturated heterocycles. The predicted molar refractivity (Wildman–Crippen MR) is 90.6 cm³/mol. The van der Waals surface area contributed by atoms with Crippen LogP contribution in [0.4, 0.5) is 16.4 Å². The highest BCUT2D eigenvalue weighted by Crippen LogP contribution is 2.36. The third kappa shape index (κ3) is 2.59. The number of hydrogen-bond acceptors (Lipinski definition) is 8. The highest BCUT2D eigenvalue weighted by Gasteiger charge is 2.37. The topological polar surface area (TPSA) is 140 Å². The molecule has 0 aliphatic carbocycles. The van der Waals surface area contributed by atoms with Crippen LogP contribution in [-0.4, -0.2) is 21.1 Å². The van der Waals surface area contributed by atoms with Gasteiger partial charge in [-0.05, 0) is 30.0 Å². The highest BCUT2D eigenvalue weighted by molar-refractivity contribution is 8.19. The lowest BCUT2D eigenvalue weighted by Gasteiger charge is -2.11. The smallest absolute Gasteiger partial charge is 0.408 e. The van der Waals surface area contributed by atoms with Crippen LogP contribution >= 0.6 is 11.8 Å². The van der Waals surface area contributed by atoms with E-state index in [1.807, 2.05) is 0 Å². The number of nitrogens with zero attached hydrogens (tertiary/aromatic N) is 2.